The number of benzene rings is 3. The van der Waals surface area contributed by atoms with Crippen LogP contribution in [0.4, 0.5) is 22.0 Å². The molecule has 0 radical (unpaired) electrons. The molecule has 3 nitrogen and oxygen atoms in total. The number of ether oxygens (including phenoxy) is 1. The summed E-state index contributed by atoms with van der Waals surface area (Å²) in [7, 11) is 0. The summed E-state index contributed by atoms with van der Waals surface area (Å²) in [6.07, 6.45) is 2.21. The molecule has 0 spiro atoms. The van der Waals surface area contributed by atoms with E-state index in [9.17, 15) is 32.2 Å². The van der Waals surface area contributed by atoms with E-state index in [0.29, 0.717) is 31.2 Å². The monoisotopic (exact) mass is 464 g/mol. The summed E-state index contributed by atoms with van der Waals surface area (Å²) in [5.74, 6) is -7.55. The van der Waals surface area contributed by atoms with Crippen LogP contribution in [0.5, 0.6) is 11.5 Å². The number of hydrogen-bond donors (Lipinski definition) is 2. The molecule has 3 aromatic carbocycles. The third kappa shape index (κ3) is 4.66. The lowest BCUT2D eigenvalue weighted by atomic mass is 9.82. The fourth-order valence-corrected chi connectivity index (χ4v) is 4.24. The van der Waals surface area contributed by atoms with Gasteiger partial charge < -0.3 is 14.9 Å². The van der Waals surface area contributed by atoms with Gasteiger partial charge in [-0.3, -0.25) is 0 Å². The standard InChI is InChI=1S/C25H21F5O3/c26-19-11-13(1-6-17(19)18-8-10-21(32)25(30)23(18)28)12-33-15-4-2-14(3-5-15)16-7-9-20(31)24(29)22(16)27/h1,6-11,14-15,31-32H,2-5,12H2. The van der Waals surface area contributed by atoms with Gasteiger partial charge in [-0.25, -0.2) is 13.2 Å². The molecule has 0 bridgehead atoms. The quantitative estimate of drug-likeness (QED) is 0.413. The van der Waals surface area contributed by atoms with E-state index in [0.717, 1.165) is 18.2 Å². The molecule has 0 atom stereocenters. The molecule has 1 fully saturated rings. The summed E-state index contributed by atoms with van der Waals surface area (Å²) in [6, 6.07) is 8.65. The van der Waals surface area contributed by atoms with Gasteiger partial charge in [-0.15, -0.1) is 0 Å². The second-order valence-corrected chi connectivity index (χ2v) is 8.16. The van der Waals surface area contributed by atoms with Crippen LogP contribution in [0.2, 0.25) is 0 Å². The molecule has 0 unspecified atom stereocenters. The summed E-state index contributed by atoms with van der Waals surface area (Å²) in [5.41, 5.74) is 0.300. The summed E-state index contributed by atoms with van der Waals surface area (Å²) < 4.78 is 75.8. The molecule has 1 aliphatic carbocycles. The highest BCUT2D eigenvalue weighted by atomic mass is 19.2. The van der Waals surface area contributed by atoms with Crippen molar-refractivity contribution in [3.63, 3.8) is 0 Å². The first-order valence-corrected chi connectivity index (χ1v) is 10.5. The molecule has 174 valence electrons. The zero-order valence-electron chi connectivity index (χ0n) is 17.4. The van der Waals surface area contributed by atoms with Gasteiger partial charge in [0.15, 0.2) is 23.1 Å². The van der Waals surface area contributed by atoms with E-state index in [-0.39, 0.29) is 35.3 Å². The summed E-state index contributed by atoms with van der Waals surface area (Å²) in [6.45, 7) is 0.0984. The molecular formula is C25H21F5O3. The van der Waals surface area contributed by atoms with Crippen LogP contribution in [0.15, 0.2) is 42.5 Å². The fraction of sp³-hybridized carbons (Fsp3) is 0.280. The average molecular weight is 464 g/mol. The van der Waals surface area contributed by atoms with Gasteiger partial charge in [-0.05, 0) is 67.0 Å². The minimum absolute atomic E-state index is 0.0984. The predicted octanol–water partition coefficient (Wildman–Crippen LogP) is 6.70. The van der Waals surface area contributed by atoms with Gasteiger partial charge >= 0.3 is 0 Å². The van der Waals surface area contributed by atoms with Crippen LogP contribution >= 0.6 is 0 Å². The molecule has 0 saturated heterocycles. The van der Waals surface area contributed by atoms with E-state index in [4.69, 9.17) is 4.74 Å². The van der Waals surface area contributed by atoms with Gasteiger partial charge in [-0.2, -0.15) is 8.78 Å². The summed E-state index contributed by atoms with van der Waals surface area (Å²) >= 11 is 0. The Morgan fingerprint density at radius 1 is 0.697 bits per heavy atom. The van der Waals surface area contributed by atoms with Crippen molar-refractivity contribution in [3.8, 4) is 22.6 Å². The van der Waals surface area contributed by atoms with E-state index in [1.165, 1.54) is 18.2 Å². The first kappa shape index (κ1) is 23.0. The zero-order chi connectivity index (χ0) is 23.7. The normalized spacial score (nSPS) is 18.5. The van der Waals surface area contributed by atoms with Crippen molar-refractivity contribution in [1.82, 2.24) is 0 Å². The molecule has 0 heterocycles. The Bertz CT molecular complexity index is 1170. The number of hydrogen-bond acceptors (Lipinski definition) is 3. The Labute approximate surface area is 187 Å². The summed E-state index contributed by atoms with van der Waals surface area (Å²) in [5, 5.41) is 18.5. The Morgan fingerprint density at radius 2 is 1.30 bits per heavy atom. The predicted molar refractivity (Wildman–Crippen MR) is 111 cm³/mol. The van der Waals surface area contributed by atoms with Gasteiger partial charge in [-0.1, -0.05) is 18.2 Å². The topological polar surface area (TPSA) is 49.7 Å². The van der Waals surface area contributed by atoms with Crippen LogP contribution in [-0.2, 0) is 11.3 Å². The maximum atomic E-state index is 14.6. The SMILES string of the molecule is Oc1ccc(-c2ccc(COC3CCC(c4ccc(O)c(F)c4F)CC3)cc2F)c(F)c1F. The number of phenolic OH excluding ortho intramolecular Hbond substituents is 2. The first-order valence-electron chi connectivity index (χ1n) is 10.5. The molecule has 33 heavy (non-hydrogen) atoms. The molecule has 1 saturated carbocycles. The van der Waals surface area contributed by atoms with Crippen LogP contribution in [0.3, 0.4) is 0 Å². The molecule has 2 N–H and O–H groups in total. The van der Waals surface area contributed by atoms with Crippen molar-refractivity contribution in [1.29, 1.82) is 0 Å². The van der Waals surface area contributed by atoms with Gasteiger partial charge in [0.2, 0.25) is 11.6 Å². The summed E-state index contributed by atoms with van der Waals surface area (Å²) in [4.78, 5) is 0. The number of rotatable bonds is 5. The minimum atomic E-state index is -1.44. The van der Waals surface area contributed by atoms with E-state index >= 15 is 0 Å². The fourth-order valence-electron chi connectivity index (χ4n) is 4.24. The van der Waals surface area contributed by atoms with Gasteiger partial charge in [0.1, 0.15) is 5.82 Å². The van der Waals surface area contributed by atoms with Gasteiger partial charge in [0, 0.05) is 11.1 Å². The van der Waals surface area contributed by atoms with Crippen molar-refractivity contribution < 1.29 is 36.9 Å². The highest BCUT2D eigenvalue weighted by molar-refractivity contribution is 5.66. The second-order valence-electron chi connectivity index (χ2n) is 8.16. The van der Waals surface area contributed by atoms with Crippen molar-refractivity contribution in [3.05, 3.63) is 82.7 Å². The molecule has 4 rings (SSSR count). The lowest BCUT2D eigenvalue weighted by molar-refractivity contribution is 0.0130. The Morgan fingerprint density at radius 3 is 1.97 bits per heavy atom. The van der Waals surface area contributed by atoms with E-state index < -0.39 is 40.6 Å². The molecular weight excluding hydrogens is 443 g/mol. The van der Waals surface area contributed by atoms with E-state index in [1.807, 2.05) is 0 Å². The Kier molecular flexibility index (Phi) is 6.56. The zero-order valence-corrected chi connectivity index (χ0v) is 17.4. The first-order chi connectivity index (χ1) is 15.8. The van der Waals surface area contributed by atoms with Crippen molar-refractivity contribution in [2.24, 2.45) is 0 Å². The molecule has 3 aromatic rings. The smallest absolute Gasteiger partial charge is 0.200 e. The number of halogens is 5. The third-order valence-corrected chi connectivity index (χ3v) is 6.08. The Hall–Kier alpha value is -3.13. The lowest BCUT2D eigenvalue weighted by Crippen LogP contribution is -2.21. The van der Waals surface area contributed by atoms with Crippen LogP contribution in [0, 0.1) is 29.1 Å². The minimum Gasteiger partial charge on any atom is -0.505 e. The highest BCUT2D eigenvalue weighted by Crippen LogP contribution is 2.37. The largest absolute Gasteiger partial charge is 0.505 e. The van der Waals surface area contributed by atoms with Crippen LogP contribution in [-0.4, -0.2) is 16.3 Å². The Balaban J connectivity index is 1.37. The van der Waals surface area contributed by atoms with Crippen LogP contribution < -0.4 is 0 Å². The van der Waals surface area contributed by atoms with E-state index in [1.54, 1.807) is 6.07 Å². The molecule has 8 heteroatoms. The number of aromatic hydroxyl groups is 2. The highest BCUT2D eigenvalue weighted by Gasteiger charge is 2.27. The number of phenols is 2. The molecule has 0 aromatic heterocycles. The van der Waals surface area contributed by atoms with Crippen LogP contribution in [0.1, 0.15) is 42.7 Å². The van der Waals surface area contributed by atoms with Crippen molar-refractivity contribution in [2.75, 3.05) is 0 Å². The maximum Gasteiger partial charge on any atom is 0.200 e. The van der Waals surface area contributed by atoms with E-state index in [2.05, 4.69) is 0 Å². The van der Waals surface area contributed by atoms with Crippen molar-refractivity contribution >= 4 is 0 Å². The second kappa shape index (κ2) is 9.39. The van der Waals surface area contributed by atoms with Crippen molar-refractivity contribution in [2.45, 2.75) is 44.3 Å². The third-order valence-electron chi connectivity index (χ3n) is 6.08. The average Bonchev–Trinajstić information content (AvgIpc) is 2.81. The molecule has 0 aliphatic heterocycles. The molecule has 0 amide bonds. The van der Waals surface area contributed by atoms with Crippen LogP contribution in [0.25, 0.3) is 11.1 Å². The van der Waals surface area contributed by atoms with Gasteiger partial charge in [0.05, 0.1) is 12.7 Å². The van der Waals surface area contributed by atoms with Gasteiger partial charge in [0.25, 0.3) is 0 Å². The lowest BCUT2D eigenvalue weighted by Gasteiger charge is -2.29. The maximum absolute atomic E-state index is 14.6. The molecule has 1 aliphatic rings.